The molecule has 0 aromatic carbocycles. The van der Waals surface area contributed by atoms with Gasteiger partial charge in [-0.25, -0.2) is 0 Å². The normalized spacial score (nSPS) is 9.43. The fourth-order valence-electron chi connectivity index (χ4n) is 1.10. The molecular weight excluding hydrogens is 165 g/mol. The van der Waals surface area contributed by atoms with Crippen LogP contribution in [0.2, 0.25) is 0 Å². The third-order valence-electron chi connectivity index (χ3n) is 1.55. The number of unbranched alkanes of at least 4 members (excludes halogenated alkanes) is 3. The van der Waals surface area contributed by atoms with Crippen molar-refractivity contribution in [3.63, 3.8) is 0 Å². The summed E-state index contributed by atoms with van der Waals surface area (Å²) in [5.74, 6) is 0. The van der Waals surface area contributed by atoms with Crippen LogP contribution in [0.3, 0.4) is 0 Å². The first kappa shape index (κ1) is 20.0. The number of hydrogen-bond donors (Lipinski definition) is 0. The Morgan fingerprint density at radius 3 is 1.14 bits per heavy atom. The van der Waals surface area contributed by atoms with Crippen LogP contribution in [0.1, 0.15) is 67.2 Å². The molecule has 0 aliphatic heterocycles. The van der Waals surface area contributed by atoms with Crippen molar-refractivity contribution >= 4 is 0 Å². The molecular formula is C12H28LiN. The van der Waals surface area contributed by atoms with Crippen molar-refractivity contribution in [1.82, 2.24) is 0 Å². The molecule has 2 heteroatoms. The Hall–Kier alpha value is 0.557. The molecule has 0 aromatic heterocycles. The zero-order valence-corrected chi connectivity index (χ0v) is 11.4. The molecule has 0 saturated heterocycles. The molecule has 0 bridgehead atoms. The van der Waals surface area contributed by atoms with Gasteiger partial charge in [-0.15, -0.1) is 12.1 Å². The second kappa shape index (κ2) is 16.0. The van der Waals surface area contributed by atoms with Crippen LogP contribution in [-0.4, -0.2) is 12.1 Å². The first-order valence-corrected chi connectivity index (χ1v) is 5.74. The fourth-order valence-corrected chi connectivity index (χ4v) is 1.10. The smallest absolute Gasteiger partial charge is 0.658 e. The van der Waals surface area contributed by atoms with E-state index in [2.05, 4.69) is 46.9 Å². The van der Waals surface area contributed by atoms with Gasteiger partial charge in [0.1, 0.15) is 0 Å². The number of hydrogen-bond acceptors (Lipinski definition) is 0. The minimum atomic E-state index is 0. The van der Waals surface area contributed by atoms with Crippen LogP contribution in [0.4, 0.5) is 0 Å². The summed E-state index contributed by atoms with van der Waals surface area (Å²) in [6.07, 6.45) is 5.54. The number of rotatable bonds is 5. The van der Waals surface area contributed by atoms with Gasteiger partial charge in [-0.1, -0.05) is 67.2 Å². The summed E-state index contributed by atoms with van der Waals surface area (Å²) in [7, 11) is 0. The molecule has 0 fully saturated rings. The van der Waals surface area contributed by atoms with E-state index in [1.54, 1.807) is 0 Å². The van der Waals surface area contributed by atoms with Gasteiger partial charge in [0.15, 0.2) is 0 Å². The van der Waals surface area contributed by atoms with Crippen LogP contribution in [0.25, 0.3) is 5.32 Å². The SMILES string of the molecule is CC(C)[N-]C(C)C.CCCCCC.[Li+]. The Morgan fingerprint density at radius 2 is 1.07 bits per heavy atom. The summed E-state index contributed by atoms with van der Waals surface area (Å²) in [5.41, 5.74) is 0. The van der Waals surface area contributed by atoms with Gasteiger partial charge >= 0.3 is 18.9 Å². The molecule has 0 spiro atoms. The maximum Gasteiger partial charge on any atom is 1.00 e. The summed E-state index contributed by atoms with van der Waals surface area (Å²) >= 11 is 0. The monoisotopic (exact) mass is 193 g/mol. The molecule has 1 nitrogen and oxygen atoms in total. The molecule has 0 saturated carbocycles. The predicted molar refractivity (Wildman–Crippen MR) is 63.4 cm³/mol. The third-order valence-corrected chi connectivity index (χ3v) is 1.55. The second-order valence-electron chi connectivity index (χ2n) is 4.04. The van der Waals surface area contributed by atoms with E-state index in [9.17, 15) is 0 Å². The van der Waals surface area contributed by atoms with E-state index >= 15 is 0 Å². The van der Waals surface area contributed by atoms with Gasteiger partial charge in [0, 0.05) is 0 Å². The van der Waals surface area contributed by atoms with Crippen LogP contribution in [-0.2, 0) is 0 Å². The summed E-state index contributed by atoms with van der Waals surface area (Å²) < 4.78 is 0. The van der Waals surface area contributed by atoms with E-state index in [0.717, 1.165) is 0 Å². The molecule has 0 atom stereocenters. The molecule has 0 N–H and O–H groups in total. The topological polar surface area (TPSA) is 14.1 Å². The van der Waals surface area contributed by atoms with E-state index in [1.165, 1.54) is 25.7 Å². The van der Waals surface area contributed by atoms with E-state index < -0.39 is 0 Å². The minimum Gasteiger partial charge on any atom is -0.658 e. The molecule has 0 rings (SSSR count). The summed E-state index contributed by atoms with van der Waals surface area (Å²) in [5, 5.41) is 4.28. The summed E-state index contributed by atoms with van der Waals surface area (Å²) in [6.45, 7) is 12.9. The maximum atomic E-state index is 4.28. The molecule has 14 heavy (non-hydrogen) atoms. The predicted octanol–water partition coefficient (Wildman–Crippen LogP) is 1.77. The van der Waals surface area contributed by atoms with E-state index in [-0.39, 0.29) is 18.9 Å². The van der Waals surface area contributed by atoms with Gasteiger partial charge in [-0.3, -0.25) is 0 Å². The zero-order chi connectivity index (χ0) is 10.7. The Bertz CT molecular complexity index is 72.4. The maximum absolute atomic E-state index is 4.28. The Balaban J connectivity index is -0.000000163. The van der Waals surface area contributed by atoms with Gasteiger partial charge in [-0.05, 0) is 0 Å². The average molecular weight is 193 g/mol. The molecule has 0 aliphatic rings. The quantitative estimate of drug-likeness (QED) is 0.467. The van der Waals surface area contributed by atoms with Crippen molar-refractivity contribution in [2.75, 3.05) is 0 Å². The van der Waals surface area contributed by atoms with Crippen LogP contribution in [0.5, 0.6) is 0 Å². The fraction of sp³-hybridized carbons (Fsp3) is 1.00. The molecule has 0 unspecified atom stereocenters. The van der Waals surface area contributed by atoms with Crippen molar-refractivity contribution in [3.05, 3.63) is 5.32 Å². The van der Waals surface area contributed by atoms with Crippen LogP contribution in [0.15, 0.2) is 0 Å². The van der Waals surface area contributed by atoms with Gasteiger partial charge in [-0.2, -0.15) is 0 Å². The van der Waals surface area contributed by atoms with Crippen molar-refractivity contribution in [2.45, 2.75) is 79.3 Å². The third kappa shape index (κ3) is 29.4. The van der Waals surface area contributed by atoms with Gasteiger partial charge in [0.25, 0.3) is 0 Å². The molecule has 0 radical (unpaired) electrons. The Kier molecular flexibility index (Phi) is 22.9. The van der Waals surface area contributed by atoms with Crippen LogP contribution < -0.4 is 18.9 Å². The van der Waals surface area contributed by atoms with E-state index in [4.69, 9.17) is 0 Å². The zero-order valence-electron chi connectivity index (χ0n) is 11.4. The van der Waals surface area contributed by atoms with Crippen molar-refractivity contribution < 1.29 is 18.9 Å². The first-order chi connectivity index (χ1) is 6.04. The molecule has 0 aromatic rings. The summed E-state index contributed by atoms with van der Waals surface area (Å²) in [6, 6.07) is 1.000. The standard InChI is InChI=1S/C6H14N.C6H14.Li/c1-5(2)7-6(3)4;1-3-5-6-4-2;/h5-6H,1-4H3;3-6H2,1-2H3;/q-1;;+1. The average Bonchev–Trinajstić information content (AvgIpc) is 1.99. The first-order valence-electron chi connectivity index (χ1n) is 5.74. The molecule has 0 heterocycles. The van der Waals surface area contributed by atoms with Crippen molar-refractivity contribution in [1.29, 1.82) is 0 Å². The van der Waals surface area contributed by atoms with Crippen LogP contribution in [0, 0.1) is 0 Å². The van der Waals surface area contributed by atoms with Gasteiger partial charge in [0.2, 0.25) is 0 Å². The molecule has 0 aliphatic carbocycles. The number of nitrogens with zero attached hydrogens (tertiary/aromatic N) is 1. The molecule has 82 valence electrons. The largest absolute Gasteiger partial charge is 1.00 e. The molecule has 0 amide bonds. The van der Waals surface area contributed by atoms with Crippen LogP contribution >= 0.6 is 0 Å². The van der Waals surface area contributed by atoms with Gasteiger partial charge < -0.3 is 5.32 Å². The van der Waals surface area contributed by atoms with E-state index in [0.29, 0.717) is 12.1 Å². The summed E-state index contributed by atoms with van der Waals surface area (Å²) in [4.78, 5) is 0. The second-order valence-corrected chi connectivity index (χ2v) is 4.04. The van der Waals surface area contributed by atoms with Crippen molar-refractivity contribution in [3.8, 4) is 0 Å². The van der Waals surface area contributed by atoms with Gasteiger partial charge in [0.05, 0.1) is 0 Å². The van der Waals surface area contributed by atoms with Crippen molar-refractivity contribution in [2.24, 2.45) is 0 Å². The Labute approximate surface area is 104 Å². The minimum absolute atomic E-state index is 0. The Morgan fingerprint density at radius 1 is 0.786 bits per heavy atom. The van der Waals surface area contributed by atoms with E-state index in [1.807, 2.05) is 0 Å².